The SMILES string of the molecule is Cc1n[nH]c2c(Cl)c(C(C)(C)C)nn12. The number of rotatable bonds is 0. The first-order chi connectivity index (χ1) is 6.41. The Morgan fingerprint density at radius 3 is 2.50 bits per heavy atom. The average Bonchev–Trinajstić information content (AvgIpc) is 2.54. The molecule has 0 aromatic carbocycles. The molecule has 2 aromatic heterocycles. The Morgan fingerprint density at radius 1 is 1.36 bits per heavy atom. The van der Waals surface area contributed by atoms with Crippen LogP contribution in [0.2, 0.25) is 5.02 Å². The number of H-pyrrole nitrogens is 1. The molecule has 0 atom stereocenters. The summed E-state index contributed by atoms with van der Waals surface area (Å²) in [4.78, 5) is 0. The second-order valence-corrected chi connectivity index (χ2v) is 4.82. The molecular formula is C9H13ClN4. The third-order valence-corrected chi connectivity index (χ3v) is 2.53. The fourth-order valence-electron chi connectivity index (χ4n) is 1.39. The highest BCUT2D eigenvalue weighted by molar-refractivity contribution is 6.34. The Morgan fingerprint density at radius 2 is 2.00 bits per heavy atom. The maximum atomic E-state index is 6.20. The lowest BCUT2D eigenvalue weighted by Crippen LogP contribution is -2.12. The van der Waals surface area contributed by atoms with E-state index in [0.29, 0.717) is 5.02 Å². The quantitative estimate of drug-likeness (QED) is 0.729. The summed E-state index contributed by atoms with van der Waals surface area (Å²) in [6, 6.07) is 0. The van der Waals surface area contributed by atoms with Crippen LogP contribution in [0.4, 0.5) is 0 Å². The third-order valence-electron chi connectivity index (χ3n) is 2.17. The Bertz CT molecular complexity index is 475. The van der Waals surface area contributed by atoms with Crippen LogP contribution in [0.5, 0.6) is 0 Å². The molecule has 0 bridgehead atoms. The van der Waals surface area contributed by atoms with Crippen molar-refractivity contribution < 1.29 is 0 Å². The third kappa shape index (κ3) is 1.21. The fourth-order valence-corrected chi connectivity index (χ4v) is 1.83. The van der Waals surface area contributed by atoms with Gasteiger partial charge in [0.15, 0.2) is 5.65 Å². The molecule has 76 valence electrons. The Kier molecular flexibility index (Phi) is 1.86. The summed E-state index contributed by atoms with van der Waals surface area (Å²) >= 11 is 6.20. The van der Waals surface area contributed by atoms with Crippen LogP contribution in [0.3, 0.4) is 0 Å². The van der Waals surface area contributed by atoms with E-state index in [9.17, 15) is 0 Å². The zero-order valence-electron chi connectivity index (χ0n) is 8.72. The van der Waals surface area contributed by atoms with Crippen molar-refractivity contribution in [2.45, 2.75) is 33.1 Å². The minimum absolute atomic E-state index is 0.0453. The predicted molar refractivity (Wildman–Crippen MR) is 55.8 cm³/mol. The Hall–Kier alpha value is -1.03. The van der Waals surface area contributed by atoms with Gasteiger partial charge in [-0.25, -0.2) is 0 Å². The lowest BCUT2D eigenvalue weighted by Gasteiger charge is -2.14. The molecule has 5 heteroatoms. The number of aryl methyl sites for hydroxylation is 1. The van der Waals surface area contributed by atoms with E-state index in [0.717, 1.165) is 17.2 Å². The lowest BCUT2D eigenvalue weighted by molar-refractivity contribution is 0.561. The maximum Gasteiger partial charge on any atom is 0.170 e. The molecule has 0 aliphatic rings. The van der Waals surface area contributed by atoms with Gasteiger partial charge in [0.05, 0.1) is 5.69 Å². The van der Waals surface area contributed by atoms with Crippen LogP contribution >= 0.6 is 11.6 Å². The van der Waals surface area contributed by atoms with Crippen LogP contribution < -0.4 is 0 Å². The first-order valence-electron chi connectivity index (χ1n) is 4.51. The van der Waals surface area contributed by atoms with E-state index >= 15 is 0 Å². The summed E-state index contributed by atoms with van der Waals surface area (Å²) in [7, 11) is 0. The summed E-state index contributed by atoms with van der Waals surface area (Å²) in [5.41, 5.74) is 1.63. The molecule has 0 saturated carbocycles. The molecule has 14 heavy (non-hydrogen) atoms. The molecule has 0 spiro atoms. The van der Waals surface area contributed by atoms with Gasteiger partial charge in [0.1, 0.15) is 10.8 Å². The molecule has 0 radical (unpaired) electrons. The minimum Gasteiger partial charge on any atom is -0.258 e. The standard InChI is InChI=1S/C9H13ClN4/c1-5-11-12-8-6(10)7(9(2,3)4)13-14(5)8/h12H,1-4H3. The van der Waals surface area contributed by atoms with Gasteiger partial charge >= 0.3 is 0 Å². The van der Waals surface area contributed by atoms with Crippen molar-refractivity contribution in [1.29, 1.82) is 0 Å². The Labute approximate surface area is 87.3 Å². The molecule has 0 amide bonds. The summed E-state index contributed by atoms with van der Waals surface area (Å²) in [6.07, 6.45) is 0. The van der Waals surface area contributed by atoms with Crippen LogP contribution in [0, 0.1) is 6.92 Å². The van der Waals surface area contributed by atoms with Crippen molar-refractivity contribution in [2.24, 2.45) is 0 Å². The smallest absolute Gasteiger partial charge is 0.170 e. The number of halogens is 1. The molecule has 0 saturated heterocycles. The molecule has 0 unspecified atom stereocenters. The highest BCUT2D eigenvalue weighted by Crippen LogP contribution is 2.30. The second kappa shape index (κ2) is 2.73. The van der Waals surface area contributed by atoms with E-state index in [-0.39, 0.29) is 5.41 Å². The van der Waals surface area contributed by atoms with E-state index in [1.165, 1.54) is 0 Å². The van der Waals surface area contributed by atoms with Gasteiger partial charge in [-0.05, 0) is 6.92 Å². The van der Waals surface area contributed by atoms with Gasteiger partial charge in [-0.1, -0.05) is 32.4 Å². The van der Waals surface area contributed by atoms with E-state index in [4.69, 9.17) is 11.6 Å². The zero-order chi connectivity index (χ0) is 10.5. The van der Waals surface area contributed by atoms with Gasteiger partial charge in [-0.2, -0.15) is 14.7 Å². The van der Waals surface area contributed by atoms with Gasteiger partial charge in [0, 0.05) is 5.41 Å². The van der Waals surface area contributed by atoms with Crippen molar-refractivity contribution in [3.63, 3.8) is 0 Å². The summed E-state index contributed by atoms with van der Waals surface area (Å²) in [5.74, 6) is 0.817. The van der Waals surface area contributed by atoms with Crippen molar-refractivity contribution >= 4 is 17.2 Å². The molecule has 2 aromatic rings. The summed E-state index contributed by atoms with van der Waals surface area (Å²) < 4.78 is 1.74. The minimum atomic E-state index is -0.0453. The van der Waals surface area contributed by atoms with Gasteiger partial charge < -0.3 is 0 Å². The Balaban J connectivity index is 2.75. The van der Waals surface area contributed by atoms with Crippen molar-refractivity contribution in [3.05, 3.63) is 16.5 Å². The van der Waals surface area contributed by atoms with E-state index < -0.39 is 0 Å². The molecule has 4 nitrogen and oxygen atoms in total. The largest absolute Gasteiger partial charge is 0.258 e. The fraction of sp³-hybridized carbons (Fsp3) is 0.556. The number of hydrogen-bond donors (Lipinski definition) is 1. The number of hydrogen-bond acceptors (Lipinski definition) is 2. The molecule has 0 fully saturated rings. The van der Waals surface area contributed by atoms with Crippen molar-refractivity contribution in [1.82, 2.24) is 19.8 Å². The maximum absolute atomic E-state index is 6.20. The van der Waals surface area contributed by atoms with Gasteiger partial charge in [0.25, 0.3) is 0 Å². The van der Waals surface area contributed by atoms with E-state index in [2.05, 4.69) is 36.1 Å². The normalized spacial score (nSPS) is 12.6. The van der Waals surface area contributed by atoms with Crippen LogP contribution in [-0.2, 0) is 5.41 Å². The first-order valence-corrected chi connectivity index (χ1v) is 4.88. The highest BCUT2D eigenvalue weighted by Gasteiger charge is 2.24. The molecule has 1 N–H and O–H groups in total. The van der Waals surface area contributed by atoms with E-state index in [1.807, 2.05) is 6.92 Å². The summed E-state index contributed by atoms with van der Waals surface area (Å²) in [6.45, 7) is 8.15. The number of aromatic amines is 1. The molecule has 0 aliphatic heterocycles. The summed E-state index contributed by atoms with van der Waals surface area (Å²) in [5, 5.41) is 12.0. The lowest BCUT2D eigenvalue weighted by atomic mass is 9.92. The van der Waals surface area contributed by atoms with Crippen molar-refractivity contribution in [2.75, 3.05) is 0 Å². The van der Waals surface area contributed by atoms with Crippen LogP contribution in [-0.4, -0.2) is 19.8 Å². The second-order valence-electron chi connectivity index (χ2n) is 4.44. The number of aromatic nitrogens is 4. The average molecular weight is 213 g/mol. The molecular weight excluding hydrogens is 200 g/mol. The highest BCUT2D eigenvalue weighted by atomic mass is 35.5. The molecule has 0 aliphatic carbocycles. The number of fused-ring (bicyclic) bond motifs is 1. The molecule has 2 rings (SSSR count). The monoisotopic (exact) mass is 212 g/mol. The van der Waals surface area contributed by atoms with Gasteiger partial charge in [-0.15, -0.1) is 0 Å². The topological polar surface area (TPSA) is 46.0 Å². The van der Waals surface area contributed by atoms with Crippen LogP contribution in [0.15, 0.2) is 0 Å². The van der Waals surface area contributed by atoms with E-state index in [1.54, 1.807) is 4.52 Å². The predicted octanol–water partition coefficient (Wildman–Crippen LogP) is 2.32. The number of nitrogens with zero attached hydrogens (tertiary/aromatic N) is 3. The first kappa shape index (κ1) is 9.52. The van der Waals surface area contributed by atoms with Gasteiger partial charge in [0.2, 0.25) is 0 Å². The zero-order valence-corrected chi connectivity index (χ0v) is 9.48. The van der Waals surface area contributed by atoms with Crippen LogP contribution in [0.1, 0.15) is 32.3 Å². The van der Waals surface area contributed by atoms with Crippen LogP contribution in [0.25, 0.3) is 5.65 Å². The number of nitrogens with one attached hydrogen (secondary N) is 1. The van der Waals surface area contributed by atoms with Crippen molar-refractivity contribution in [3.8, 4) is 0 Å². The van der Waals surface area contributed by atoms with Gasteiger partial charge in [-0.3, -0.25) is 5.10 Å². The molecule has 2 heterocycles.